The lowest BCUT2D eigenvalue weighted by atomic mass is 9.87. The fraction of sp³-hybridized carbons (Fsp3) is 0.583. The molecule has 15 heavy (non-hydrogen) atoms. The summed E-state index contributed by atoms with van der Waals surface area (Å²) in [7, 11) is 0. The summed E-state index contributed by atoms with van der Waals surface area (Å²) >= 11 is 0. The van der Waals surface area contributed by atoms with E-state index < -0.39 is 0 Å². The highest BCUT2D eigenvalue weighted by atomic mass is 16.3. The summed E-state index contributed by atoms with van der Waals surface area (Å²) in [5, 5.41) is 9.75. The molecule has 3 N–H and O–H groups in total. The molecule has 1 aromatic heterocycles. The number of aliphatic hydroxyl groups is 1. The Morgan fingerprint density at radius 1 is 1.47 bits per heavy atom. The van der Waals surface area contributed by atoms with E-state index in [1.54, 1.807) is 6.20 Å². The number of rotatable bonds is 1. The van der Waals surface area contributed by atoms with Crippen molar-refractivity contribution in [2.75, 3.05) is 5.73 Å². The molecule has 0 spiro atoms. The molecule has 2 rings (SSSR count). The minimum Gasteiger partial charge on any atom is -0.393 e. The molecule has 0 radical (unpaired) electrons. The van der Waals surface area contributed by atoms with Crippen molar-refractivity contribution in [2.24, 2.45) is 5.92 Å². The zero-order valence-corrected chi connectivity index (χ0v) is 9.27. The molecule has 3 nitrogen and oxygen atoms in total. The number of nitrogen functional groups attached to an aromatic ring is 1. The lowest BCUT2D eigenvalue weighted by Crippen LogP contribution is -2.16. The van der Waals surface area contributed by atoms with Gasteiger partial charge in [-0.2, -0.15) is 0 Å². The highest BCUT2D eigenvalue weighted by molar-refractivity contribution is 5.47. The topological polar surface area (TPSA) is 59.1 Å². The summed E-state index contributed by atoms with van der Waals surface area (Å²) in [5.74, 6) is 1.28. The number of nitrogens with two attached hydrogens (primary N) is 1. The average molecular weight is 206 g/mol. The number of aromatic nitrogens is 1. The second kappa shape index (κ2) is 3.81. The second-order valence-corrected chi connectivity index (χ2v) is 4.54. The summed E-state index contributed by atoms with van der Waals surface area (Å²) in [4.78, 5) is 4.14. The molecule has 0 saturated heterocycles. The quantitative estimate of drug-likeness (QED) is 0.737. The molecule has 1 aromatic rings. The van der Waals surface area contributed by atoms with E-state index >= 15 is 0 Å². The van der Waals surface area contributed by atoms with Crippen molar-refractivity contribution in [1.82, 2.24) is 4.98 Å². The first kappa shape index (κ1) is 10.4. The number of nitrogens with zero attached hydrogens (tertiary/aromatic N) is 1. The van der Waals surface area contributed by atoms with Gasteiger partial charge in [0.25, 0.3) is 0 Å². The van der Waals surface area contributed by atoms with E-state index in [9.17, 15) is 5.11 Å². The summed E-state index contributed by atoms with van der Waals surface area (Å²) in [6, 6.07) is 1.99. The van der Waals surface area contributed by atoms with Crippen molar-refractivity contribution in [2.45, 2.75) is 38.7 Å². The number of aryl methyl sites for hydroxylation is 1. The van der Waals surface area contributed by atoms with Gasteiger partial charge in [-0.05, 0) is 43.2 Å². The van der Waals surface area contributed by atoms with Gasteiger partial charge in [-0.25, -0.2) is 4.98 Å². The first-order chi connectivity index (χ1) is 7.11. The summed E-state index contributed by atoms with van der Waals surface area (Å²) in [5.41, 5.74) is 8.24. The van der Waals surface area contributed by atoms with Crippen LogP contribution >= 0.6 is 0 Å². The van der Waals surface area contributed by atoms with Gasteiger partial charge in [-0.3, -0.25) is 0 Å². The van der Waals surface area contributed by atoms with Crippen molar-refractivity contribution in [1.29, 1.82) is 0 Å². The number of aliphatic hydroxyl groups excluding tert-OH is 1. The monoisotopic (exact) mass is 206 g/mol. The number of anilines is 1. The zero-order valence-electron chi connectivity index (χ0n) is 9.27. The highest BCUT2D eigenvalue weighted by Crippen LogP contribution is 2.42. The summed E-state index contributed by atoms with van der Waals surface area (Å²) < 4.78 is 0. The number of hydrogen-bond donors (Lipinski definition) is 2. The van der Waals surface area contributed by atoms with Crippen molar-refractivity contribution >= 4 is 5.82 Å². The average Bonchev–Trinajstić information content (AvgIpc) is 2.49. The van der Waals surface area contributed by atoms with Crippen LogP contribution in [0.25, 0.3) is 0 Å². The highest BCUT2D eigenvalue weighted by Gasteiger charge is 2.34. The maximum absolute atomic E-state index is 9.75. The standard InChI is InChI=1S/C12H18N2O/c1-7-5-6-14-12(13)11(7)9-3-4-10(15)8(9)2/h5-6,8-10,15H,3-4H2,1-2H3,(H2,13,14). The lowest BCUT2D eigenvalue weighted by molar-refractivity contribution is 0.136. The molecule has 3 unspecified atom stereocenters. The van der Waals surface area contributed by atoms with Gasteiger partial charge in [0.2, 0.25) is 0 Å². The fourth-order valence-electron chi connectivity index (χ4n) is 2.62. The molecule has 82 valence electrons. The maximum atomic E-state index is 9.75. The molecule has 0 aliphatic heterocycles. The SMILES string of the molecule is Cc1ccnc(N)c1C1CCC(O)C1C. The first-order valence-electron chi connectivity index (χ1n) is 5.50. The zero-order chi connectivity index (χ0) is 11.0. The molecule has 0 bridgehead atoms. The molecule has 1 aliphatic carbocycles. The van der Waals surface area contributed by atoms with E-state index in [0.29, 0.717) is 11.7 Å². The molecule has 0 aromatic carbocycles. The first-order valence-corrected chi connectivity index (χ1v) is 5.50. The van der Waals surface area contributed by atoms with Gasteiger partial charge < -0.3 is 10.8 Å². The van der Waals surface area contributed by atoms with E-state index in [0.717, 1.165) is 18.4 Å². The maximum Gasteiger partial charge on any atom is 0.127 e. The van der Waals surface area contributed by atoms with Gasteiger partial charge in [-0.1, -0.05) is 6.92 Å². The Kier molecular flexibility index (Phi) is 2.65. The smallest absolute Gasteiger partial charge is 0.127 e. The number of hydrogen-bond acceptors (Lipinski definition) is 3. The van der Waals surface area contributed by atoms with Crippen LogP contribution in [0.5, 0.6) is 0 Å². The molecule has 3 atom stereocenters. The van der Waals surface area contributed by atoms with Crippen LogP contribution in [0.3, 0.4) is 0 Å². The van der Waals surface area contributed by atoms with Crippen LogP contribution in [-0.2, 0) is 0 Å². The predicted octanol–water partition coefficient (Wildman–Crippen LogP) is 1.85. The van der Waals surface area contributed by atoms with Gasteiger partial charge >= 0.3 is 0 Å². The largest absolute Gasteiger partial charge is 0.393 e. The lowest BCUT2D eigenvalue weighted by Gasteiger charge is -2.20. The van der Waals surface area contributed by atoms with Crippen LogP contribution in [0.2, 0.25) is 0 Å². The second-order valence-electron chi connectivity index (χ2n) is 4.54. The van der Waals surface area contributed by atoms with E-state index in [1.807, 2.05) is 6.07 Å². The molecule has 1 aliphatic rings. The van der Waals surface area contributed by atoms with E-state index in [2.05, 4.69) is 18.8 Å². The van der Waals surface area contributed by atoms with Crippen LogP contribution in [0, 0.1) is 12.8 Å². The van der Waals surface area contributed by atoms with Crippen molar-refractivity contribution in [3.05, 3.63) is 23.4 Å². The van der Waals surface area contributed by atoms with Gasteiger partial charge in [0.15, 0.2) is 0 Å². The predicted molar refractivity (Wildman–Crippen MR) is 60.5 cm³/mol. The summed E-state index contributed by atoms with van der Waals surface area (Å²) in [6.45, 7) is 4.15. The third-order valence-corrected chi connectivity index (χ3v) is 3.62. The van der Waals surface area contributed by atoms with Gasteiger partial charge in [0.1, 0.15) is 5.82 Å². The van der Waals surface area contributed by atoms with Crippen LogP contribution in [-0.4, -0.2) is 16.2 Å². The third kappa shape index (κ3) is 1.72. The molecule has 1 heterocycles. The van der Waals surface area contributed by atoms with Crippen LogP contribution in [0.4, 0.5) is 5.82 Å². The Morgan fingerprint density at radius 2 is 2.20 bits per heavy atom. The molecular formula is C12H18N2O. The fourth-order valence-corrected chi connectivity index (χ4v) is 2.62. The van der Waals surface area contributed by atoms with Gasteiger partial charge in [0.05, 0.1) is 6.10 Å². The Morgan fingerprint density at radius 3 is 2.73 bits per heavy atom. The van der Waals surface area contributed by atoms with E-state index in [1.165, 1.54) is 5.56 Å². The summed E-state index contributed by atoms with van der Waals surface area (Å²) in [6.07, 6.45) is 3.44. The molecular weight excluding hydrogens is 188 g/mol. The van der Waals surface area contributed by atoms with Crippen molar-refractivity contribution in [3.8, 4) is 0 Å². The Labute approximate surface area is 90.3 Å². The Balaban J connectivity index is 2.38. The minimum atomic E-state index is -0.186. The van der Waals surface area contributed by atoms with Crippen LogP contribution < -0.4 is 5.73 Å². The molecule has 1 fully saturated rings. The van der Waals surface area contributed by atoms with Crippen LogP contribution in [0.1, 0.15) is 36.8 Å². The van der Waals surface area contributed by atoms with Crippen LogP contribution in [0.15, 0.2) is 12.3 Å². The van der Waals surface area contributed by atoms with Crippen molar-refractivity contribution in [3.63, 3.8) is 0 Å². The normalized spacial score (nSPS) is 30.7. The molecule has 0 amide bonds. The van der Waals surface area contributed by atoms with Crippen molar-refractivity contribution < 1.29 is 5.11 Å². The van der Waals surface area contributed by atoms with E-state index in [-0.39, 0.29) is 12.0 Å². The molecule has 1 saturated carbocycles. The van der Waals surface area contributed by atoms with Gasteiger partial charge in [-0.15, -0.1) is 0 Å². The minimum absolute atomic E-state index is 0.186. The Hall–Kier alpha value is -1.09. The number of pyridine rings is 1. The third-order valence-electron chi connectivity index (χ3n) is 3.62. The Bertz CT molecular complexity index is 344. The van der Waals surface area contributed by atoms with E-state index in [4.69, 9.17) is 5.73 Å². The van der Waals surface area contributed by atoms with Gasteiger partial charge in [0, 0.05) is 11.8 Å². The molecule has 3 heteroatoms.